The second-order valence-corrected chi connectivity index (χ2v) is 5.50. The minimum Gasteiger partial charge on any atom is -0.388 e. The van der Waals surface area contributed by atoms with Crippen molar-refractivity contribution in [2.45, 2.75) is 13.8 Å². The van der Waals surface area contributed by atoms with E-state index in [9.17, 15) is 0 Å². The zero-order valence-corrected chi connectivity index (χ0v) is 10.6. The van der Waals surface area contributed by atoms with Gasteiger partial charge in [-0.2, -0.15) is 0 Å². The molecule has 13 heavy (non-hydrogen) atoms. The van der Waals surface area contributed by atoms with E-state index in [1.807, 2.05) is 7.05 Å². The summed E-state index contributed by atoms with van der Waals surface area (Å²) < 4.78 is 5.54. The first-order chi connectivity index (χ1) is 6.10. The quantitative estimate of drug-likeness (QED) is 0.771. The third-order valence-electron chi connectivity index (χ3n) is 2.14. The predicted molar refractivity (Wildman–Crippen MR) is 69.3 cm³/mol. The topological polar surface area (TPSA) is 12.0 Å². The Morgan fingerprint density at radius 3 is 2.62 bits per heavy atom. The van der Waals surface area contributed by atoms with E-state index in [0.717, 1.165) is 0 Å². The number of nitrogens with one attached hydrogen (secondary N) is 1. The average molecular weight is 289 g/mol. The number of hydrogen-bond acceptors (Lipinski definition) is 1. The molecule has 0 radical (unpaired) electrons. The first kappa shape index (κ1) is 10.7. The van der Waals surface area contributed by atoms with Gasteiger partial charge in [0.25, 0.3) is 0 Å². The van der Waals surface area contributed by atoms with Gasteiger partial charge in [-0.1, -0.05) is 51.2 Å². The summed E-state index contributed by atoms with van der Waals surface area (Å²) in [5, 5.41) is 3.15. The molecule has 1 nitrogen and oxygen atoms in total. The van der Waals surface area contributed by atoms with E-state index in [1.54, 1.807) is 0 Å². The molecular formula is C11H16IN. The molecule has 72 valence electrons. The third kappa shape index (κ3) is 2.53. The summed E-state index contributed by atoms with van der Waals surface area (Å²) in [7, 11) is 1.95. The van der Waals surface area contributed by atoms with Gasteiger partial charge in [-0.25, -0.2) is 0 Å². The highest BCUT2D eigenvalue weighted by Gasteiger charge is 2.18. The first-order valence-electron chi connectivity index (χ1n) is 4.28. The number of hydrogen-bond donors (Lipinski definition) is 1. The van der Waals surface area contributed by atoms with Gasteiger partial charge in [-0.05, 0) is 15.7 Å². The summed E-state index contributed by atoms with van der Waals surface area (Å²) in [5.41, 5.74) is 1.35. The minimum atomic E-state index is -0.0583. The van der Waals surface area contributed by atoms with Crippen LogP contribution in [0.25, 0.3) is 0 Å². The molecule has 0 saturated carbocycles. The maximum atomic E-state index is 4.06. The van der Waals surface area contributed by atoms with Gasteiger partial charge in [-0.15, -0.1) is 0 Å². The van der Waals surface area contributed by atoms with Crippen molar-refractivity contribution in [1.82, 2.24) is 5.32 Å². The smallest absolute Gasteiger partial charge is 0.0334 e. The van der Waals surface area contributed by atoms with Crippen LogP contribution in [0.2, 0.25) is 0 Å². The van der Waals surface area contributed by atoms with E-state index in [4.69, 9.17) is 0 Å². The van der Waals surface area contributed by atoms with E-state index in [1.165, 1.54) is 9.28 Å². The molecule has 0 aromatic carbocycles. The Bertz CT molecular complexity index is 295. The zero-order valence-electron chi connectivity index (χ0n) is 8.39. The Morgan fingerprint density at radius 1 is 1.38 bits per heavy atom. The van der Waals surface area contributed by atoms with E-state index in [2.05, 4.69) is 48.0 Å². The fourth-order valence-electron chi connectivity index (χ4n) is 1.19. The van der Waals surface area contributed by atoms with Crippen LogP contribution in [0.5, 0.6) is 0 Å². The summed E-state index contributed by atoms with van der Waals surface area (Å²) in [6.45, 7) is 4.49. The maximum absolute atomic E-state index is 4.06. The first-order valence-corrected chi connectivity index (χ1v) is 6.88. The molecule has 0 unspecified atom stereocenters. The molecule has 1 aliphatic rings. The van der Waals surface area contributed by atoms with Crippen molar-refractivity contribution in [3.8, 4) is 0 Å². The Morgan fingerprint density at radius 2 is 2.08 bits per heavy atom. The molecule has 0 bridgehead atoms. The van der Waals surface area contributed by atoms with Crippen molar-refractivity contribution >= 4 is 25.2 Å². The highest BCUT2D eigenvalue weighted by Crippen LogP contribution is 2.37. The minimum absolute atomic E-state index is 0.0583. The van der Waals surface area contributed by atoms with Crippen LogP contribution in [0.15, 0.2) is 33.6 Å². The second kappa shape index (κ2) is 4.22. The fourth-order valence-corrected chi connectivity index (χ4v) is 2.79. The predicted octanol–water partition coefficient (Wildman–Crippen LogP) is 2.97. The van der Waals surface area contributed by atoms with Gasteiger partial charge in [0.05, 0.1) is 0 Å². The Kier molecular flexibility index (Phi) is 3.47. The van der Waals surface area contributed by atoms with Crippen molar-refractivity contribution in [3.63, 3.8) is 0 Å². The van der Waals surface area contributed by atoms with Crippen LogP contribution in [0.3, 0.4) is 0 Å². The van der Waals surface area contributed by atoms with Crippen LogP contribution in [-0.4, -0.2) is 11.6 Å². The molecule has 1 rings (SSSR count). The Balaban J connectivity index is 3.07. The van der Waals surface area contributed by atoms with Crippen molar-refractivity contribution in [2.24, 2.45) is 5.41 Å². The lowest BCUT2D eigenvalue weighted by Crippen LogP contribution is -2.07. The molecular weight excluding hydrogens is 273 g/mol. The molecule has 2 heteroatoms. The molecule has 0 aromatic rings. The molecule has 0 amide bonds. The Labute approximate surface area is 90.4 Å². The molecule has 0 aromatic heterocycles. The summed E-state index contributed by atoms with van der Waals surface area (Å²) in [6.07, 6.45) is 8.74. The second-order valence-electron chi connectivity index (χ2n) is 3.58. The van der Waals surface area contributed by atoms with Crippen LogP contribution < -0.4 is 5.32 Å². The van der Waals surface area contributed by atoms with E-state index >= 15 is 0 Å². The lowest BCUT2D eigenvalue weighted by molar-refractivity contribution is 0.621. The standard InChI is InChI=1S/C11H16IN/c1-11(2)8-7-9(13-4)5-6-10(11)12-3/h5-8,13H,3H2,1-2,4H3. The zero-order chi connectivity index (χ0) is 9.90. The molecule has 0 fully saturated rings. The van der Waals surface area contributed by atoms with Crippen LogP contribution in [-0.2, 0) is 0 Å². The van der Waals surface area contributed by atoms with Gasteiger partial charge in [0, 0.05) is 18.2 Å². The van der Waals surface area contributed by atoms with Crippen molar-refractivity contribution in [3.05, 3.63) is 33.6 Å². The van der Waals surface area contributed by atoms with Crippen molar-refractivity contribution in [1.29, 1.82) is 0 Å². The van der Waals surface area contributed by atoms with Gasteiger partial charge in [-0.3, -0.25) is 0 Å². The summed E-state index contributed by atoms with van der Waals surface area (Å²) in [6, 6.07) is 0. The summed E-state index contributed by atoms with van der Waals surface area (Å²) in [5.74, 6) is 0. The van der Waals surface area contributed by atoms with Gasteiger partial charge in [0.2, 0.25) is 0 Å². The van der Waals surface area contributed by atoms with Crippen LogP contribution >= 0.6 is 20.7 Å². The van der Waals surface area contributed by atoms with Gasteiger partial charge >= 0.3 is 0 Å². The largest absolute Gasteiger partial charge is 0.388 e. The highest BCUT2D eigenvalue weighted by molar-refractivity contribution is 14.2. The van der Waals surface area contributed by atoms with Gasteiger partial charge < -0.3 is 5.32 Å². The monoisotopic (exact) mass is 289 g/mol. The molecule has 0 atom stereocenters. The van der Waals surface area contributed by atoms with Gasteiger partial charge in [0.15, 0.2) is 0 Å². The van der Waals surface area contributed by atoms with E-state index in [-0.39, 0.29) is 26.1 Å². The molecule has 0 saturated heterocycles. The SMILES string of the molecule is C=IC1=CC=C(NC)C=CC1(C)C. The maximum Gasteiger partial charge on any atom is 0.0334 e. The molecule has 1 N–H and O–H groups in total. The van der Waals surface area contributed by atoms with Crippen LogP contribution in [0.4, 0.5) is 0 Å². The third-order valence-corrected chi connectivity index (χ3v) is 4.71. The fraction of sp³-hybridized carbons (Fsp3) is 0.364. The number of rotatable bonds is 2. The van der Waals surface area contributed by atoms with Gasteiger partial charge in [0.1, 0.15) is 0 Å². The van der Waals surface area contributed by atoms with E-state index in [0.29, 0.717) is 0 Å². The summed E-state index contributed by atoms with van der Waals surface area (Å²) in [4.78, 5) is 0. The molecule has 0 spiro atoms. The lowest BCUT2D eigenvalue weighted by atomic mass is 9.93. The van der Waals surface area contributed by atoms with Crippen LogP contribution in [0, 0.1) is 5.41 Å². The average Bonchev–Trinajstić information content (AvgIpc) is 2.23. The number of likely N-dealkylation sites (N-methyl/N-ethyl adjacent to an activating group) is 1. The lowest BCUT2D eigenvalue weighted by Gasteiger charge is -2.19. The highest BCUT2D eigenvalue weighted by atomic mass is 127. The molecule has 1 aliphatic carbocycles. The number of halogens is 1. The van der Waals surface area contributed by atoms with Crippen molar-refractivity contribution < 1.29 is 0 Å². The number of allylic oxidation sites excluding steroid dienone is 5. The Hall–Kier alpha value is -0.380. The summed E-state index contributed by atoms with van der Waals surface area (Å²) >= 11 is -0.0583. The van der Waals surface area contributed by atoms with Crippen molar-refractivity contribution in [2.75, 3.05) is 7.05 Å². The molecule has 0 aliphatic heterocycles. The van der Waals surface area contributed by atoms with Crippen LogP contribution in [0.1, 0.15) is 13.8 Å². The molecule has 0 heterocycles. The van der Waals surface area contributed by atoms with E-state index < -0.39 is 0 Å². The normalized spacial score (nSPS) is 20.2.